The molecule has 0 aromatic heterocycles. The minimum Gasteiger partial charge on any atom is -0.375 e. The molecule has 82 valence electrons. The third kappa shape index (κ3) is 4.42. The zero-order valence-corrected chi connectivity index (χ0v) is 9.22. The van der Waals surface area contributed by atoms with Gasteiger partial charge in [0.2, 0.25) is 0 Å². The Hall–Kier alpha value is -0.0900. The van der Waals surface area contributed by atoms with E-state index in [1.165, 1.54) is 6.42 Å². The molecular formula is C10H19ClN2O. The van der Waals surface area contributed by atoms with E-state index in [4.69, 9.17) is 22.1 Å². The van der Waals surface area contributed by atoms with Gasteiger partial charge in [0.15, 0.2) is 0 Å². The van der Waals surface area contributed by atoms with Crippen LogP contribution in [0.4, 0.5) is 0 Å². The van der Waals surface area contributed by atoms with Gasteiger partial charge in [-0.15, -0.1) is 0 Å². The van der Waals surface area contributed by atoms with Gasteiger partial charge in [0.05, 0.1) is 12.7 Å². The van der Waals surface area contributed by atoms with Gasteiger partial charge < -0.3 is 15.8 Å². The molecule has 1 saturated heterocycles. The molecule has 14 heavy (non-hydrogen) atoms. The van der Waals surface area contributed by atoms with Crippen LogP contribution in [-0.4, -0.2) is 31.8 Å². The summed E-state index contributed by atoms with van der Waals surface area (Å²) in [4.78, 5) is 0. The van der Waals surface area contributed by atoms with E-state index in [2.05, 4.69) is 11.9 Å². The van der Waals surface area contributed by atoms with Crippen LogP contribution >= 0.6 is 11.6 Å². The smallest absolute Gasteiger partial charge is 0.0701 e. The average Bonchev–Trinajstić information content (AvgIpc) is 2.07. The molecule has 0 amide bonds. The standard InChI is InChI=1S/C10H19ClN2O/c1-8(11)2-3-10(6-12)14-7-9-4-5-13-9/h9-10,13H,1-7,12H2/t9-,10+/m1/s1. The summed E-state index contributed by atoms with van der Waals surface area (Å²) in [6, 6.07) is 0.531. The highest BCUT2D eigenvalue weighted by Gasteiger charge is 2.18. The molecule has 0 aromatic rings. The van der Waals surface area contributed by atoms with Crippen LogP contribution in [0.15, 0.2) is 11.6 Å². The second kappa shape index (κ2) is 6.40. The van der Waals surface area contributed by atoms with Crippen molar-refractivity contribution < 1.29 is 4.74 Å². The number of rotatable bonds is 7. The summed E-state index contributed by atoms with van der Waals surface area (Å²) >= 11 is 5.68. The second-order valence-corrected chi connectivity index (χ2v) is 4.22. The maximum atomic E-state index is 5.68. The van der Waals surface area contributed by atoms with E-state index in [1.54, 1.807) is 0 Å². The zero-order chi connectivity index (χ0) is 10.4. The number of allylic oxidation sites excluding steroid dienone is 1. The summed E-state index contributed by atoms with van der Waals surface area (Å²) in [5.41, 5.74) is 5.59. The van der Waals surface area contributed by atoms with Crippen LogP contribution in [0.2, 0.25) is 0 Å². The van der Waals surface area contributed by atoms with Crippen molar-refractivity contribution >= 4 is 11.6 Å². The molecule has 0 bridgehead atoms. The fraction of sp³-hybridized carbons (Fsp3) is 0.800. The van der Waals surface area contributed by atoms with Crippen molar-refractivity contribution in [1.29, 1.82) is 0 Å². The number of halogens is 1. The molecule has 4 heteroatoms. The fourth-order valence-electron chi connectivity index (χ4n) is 1.33. The minimum atomic E-state index is 0.118. The third-order valence-electron chi connectivity index (χ3n) is 2.46. The molecule has 1 aliphatic rings. The zero-order valence-electron chi connectivity index (χ0n) is 8.47. The number of ether oxygens (including phenoxy) is 1. The summed E-state index contributed by atoms with van der Waals surface area (Å²) in [7, 11) is 0. The van der Waals surface area contributed by atoms with Crippen molar-refractivity contribution in [1.82, 2.24) is 5.32 Å². The van der Waals surface area contributed by atoms with Crippen LogP contribution in [0, 0.1) is 0 Å². The lowest BCUT2D eigenvalue weighted by Crippen LogP contribution is -2.47. The number of hydrogen-bond acceptors (Lipinski definition) is 3. The molecule has 3 nitrogen and oxygen atoms in total. The van der Waals surface area contributed by atoms with Crippen LogP contribution in [0.1, 0.15) is 19.3 Å². The van der Waals surface area contributed by atoms with E-state index >= 15 is 0 Å². The lowest BCUT2D eigenvalue weighted by Gasteiger charge is -2.29. The van der Waals surface area contributed by atoms with E-state index in [1.807, 2.05) is 0 Å². The van der Waals surface area contributed by atoms with E-state index in [-0.39, 0.29) is 6.10 Å². The van der Waals surface area contributed by atoms with E-state index in [9.17, 15) is 0 Å². The number of nitrogens with one attached hydrogen (secondary N) is 1. The van der Waals surface area contributed by atoms with Crippen LogP contribution in [0.5, 0.6) is 0 Å². The van der Waals surface area contributed by atoms with Gasteiger partial charge >= 0.3 is 0 Å². The Balaban J connectivity index is 2.07. The Morgan fingerprint density at radius 2 is 2.43 bits per heavy atom. The first-order valence-electron chi connectivity index (χ1n) is 5.10. The van der Waals surface area contributed by atoms with Crippen molar-refractivity contribution in [2.24, 2.45) is 5.73 Å². The largest absolute Gasteiger partial charge is 0.375 e. The number of nitrogens with two attached hydrogens (primary N) is 1. The summed E-state index contributed by atoms with van der Waals surface area (Å²) in [6.07, 6.45) is 2.97. The number of hydrogen-bond donors (Lipinski definition) is 2. The van der Waals surface area contributed by atoms with Crippen molar-refractivity contribution in [3.8, 4) is 0 Å². The van der Waals surface area contributed by atoms with Gasteiger partial charge in [0, 0.05) is 17.6 Å². The van der Waals surface area contributed by atoms with Crippen molar-refractivity contribution in [3.05, 3.63) is 11.6 Å². The molecule has 0 radical (unpaired) electrons. The van der Waals surface area contributed by atoms with E-state index in [0.29, 0.717) is 17.6 Å². The monoisotopic (exact) mass is 218 g/mol. The molecule has 2 atom stereocenters. The van der Waals surface area contributed by atoms with Gasteiger partial charge in [-0.1, -0.05) is 18.2 Å². The first-order valence-corrected chi connectivity index (χ1v) is 5.48. The van der Waals surface area contributed by atoms with Gasteiger partial charge in [-0.05, 0) is 25.8 Å². The first-order chi connectivity index (χ1) is 6.72. The fourth-order valence-corrected chi connectivity index (χ4v) is 1.44. The second-order valence-electron chi connectivity index (χ2n) is 3.69. The molecule has 1 aliphatic heterocycles. The van der Waals surface area contributed by atoms with Crippen LogP contribution in [-0.2, 0) is 4.74 Å². The molecule has 0 aromatic carbocycles. The van der Waals surface area contributed by atoms with Gasteiger partial charge in [0.1, 0.15) is 0 Å². The third-order valence-corrected chi connectivity index (χ3v) is 2.65. The maximum Gasteiger partial charge on any atom is 0.0701 e. The topological polar surface area (TPSA) is 47.3 Å². The molecule has 3 N–H and O–H groups in total. The van der Waals surface area contributed by atoms with Crippen molar-refractivity contribution in [3.63, 3.8) is 0 Å². The Morgan fingerprint density at radius 1 is 1.71 bits per heavy atom. The first kappa shape index (κ1) is 12.0. The van der Waals surface area contributed by atoms with Crippen molar-refractivity contribution in [2.45, 2.75) is 31.4 Å². The average molecular weight is 219 g/mol. The van der Waals surface area contributed by atoms with Gasteiger partial charge in [-0.2, -0.15) is 0 Å². The van der Waals surface area contributed by atoms with Crippen molar-refractivity contribution in [2.75, 3.05) is 19.7 Å². The normalized spacial score (nSPS) is 22.9. The van der Waals surface area contributed by atoms with E-state index in [0.717, 1.165) is 26.0 Å². The Bertz CT molecular complexity index is 183. The molecular weight excluding hydrogens is 200 g/mol. The summed E-state index contributed by atoms with van der Waals surface area (Å²) in [6.45, 7) is 6.06. The summed E-state index contributed by atoms with van der Waals surface area (Å²) < 4.78 is 5.66. The SMILES string of the molecule is C=C(Cl)CC[C@@H](CN)OC[C@H]1CCN1. The van der Waals surface area contributed by atoms with Gasteiger partial charge in [-0.3, -0.25) is 0 Å². The maximum absolute atomic E-state index is 5.68. The van der Waals surface area contributed by atoms with Gasteiger partial charge in [0.25, 0.3) is 0 Å². The van der Waals surface area contributed by atoms with E-state index < -0.39 is 0 Å². The Kier molecular flexibility index (Phi) is 5.48. The highest BCUT2D eigenvalue weighted by molar-refractivity contribution is 6.29. The summed E-state index contributed by atoms with van der Waals surface area (Å²) in [5, 5.41) is 3.96. The highest BCUT2D eigenvalue weighted by atomic mass is 35.5. The predicted octanol–water partition coefficient (Wildman–Crippen LogP) is 1.22. The quantitative estimate of drug-likeness (QED) is 0.676. The predicted molar refractivity (Wildman–Crippen MR) is 59.4 cm³/mol. The lowest BCUT2D eigenvalue weighted by atomic mass is 10.1. The van der Waals surface area contributed by atoms with Crippen LogP contribution in [0.25, 0.3) is 0 Å². The minimum absolute atomic E-state index is 0.118. The van der Waals surface area contributed by atoms with Crippen LogP contribution in [0.3, 0.4) is 0 Å². The molecule has 0 spiro atoms. The lowest BCUT2D eigenvalue weighted by molar-refractivity contribution is 0.0272. The summed E-state index contributed by atoms with van der Waals surface area (Å²) in [5.74, 6) is 0. The molecule has 0 unspecified atom stereocenters. The molecule has 0 saturated carbocycles. The molecule has 1 rings (SSSR count). The van der Waals surface area contributed by atoms with Gasteiger partial charge in [-0.25, -0.2) is 0 Å². The Labute approximate surface area is 90.6 Å². The molecule has 1 fully saturated rings. The highest BCUT2D eigenvalue weighted by Crippen LogP contribution is 2.12. The Morgan fingerprint density at radius 3 is 2.86 bits per heavy atom. The molecule has 1 heterocycles. The molecule has 0 aliphatic carbocycles. The van der Waals surface area contributed by atoms with Crippen LogP contribution < -0.4 is 11.1 Å².